The number of hydrogen-bond donors (Lipinski definition) is 0. The summed E-state index contributed by atoms with van der Waals surface area (Å²) in [6.45, 7) is 6.42. The summed E-state index contributed by atoms with van der Waals surface area (Å²) >= 11 is 0. The van der Waals surface area contributed by atoms with Crippen LogP contribution in [-0.2, 0) is 28.6 Å². The summed E-state index contributed by atoms with van der Waals surface area (Å²) in [5.74, 6) is -0.961. The van der Waals surface area contributed by atoms with Gasteiger partial charge in [-0.15, -0.1) is 0 Å². The molecule has 58 heavy (non-hydrogen) atoms. The molecular formula is C52H88O6. The van der Waals surface area contributed by atoms with Crippen LogP contribution in [0.25, 0.3) is 0 Å². The first-order valence-electron chi connectivity index (χ1n) is 23.9. The fraction of sp³-hybridized carbons (Fsp3) is 0.712. The molecule has 0 amide bonds. The number of unbranched alkanes of at least 4 members (excludes halogenated alkanes) is 19. The molecule has 6 heteroatoms. The van der Waals surface area contributed by atoms with Gasteiger partial charge in [-0.25, -0.2) is 0 Å². The van der Waals surface area contributed by atoms with Crippen LogP contribution in [0.1, 0.15) is 220 Å². The largest absolute Gasteiger partial charge is 0.462 e. The van der Waals surface area contributed by atoms with Gasteiger partial charge in [0.2, 0.25) is 0 Å². The second kappa shape index (κ2) is 46.5. The van der Waals surface area contributed by atoms with Crippen molar-refractivity contribution in [2.75, 3.05) is 13.2 Å². The highest BCUT2D eigenvalue weighted by Crippen LogP contribution is 2.13. The van der Waals surface area contributed by atoms with E-state index in [1.54, 1.807) is 0 Å². The SMILES string of the molecule is CC/C=C\C/C=C\C/C=C\C/C=C\CCCCC(=O)OC[C@@H](COC(=O)CCCCCCC/C=C\CCCCC)OC(=O)CCCCCCC/C=C\CCCCCC. The van der Waals surface area contributed by atoms with Crippen LogP contribution in [0.3, 0.4) is 0 Å². The second-order valence-corrected chi connectivity index (χ2v) is 15.6. The van der Waals surface area contributed by atoms with Crippen molar-refractivity contribution >= 4 is 17.9 Å². The summed E-state index contributed by atoms with van der Waals surface area (Å²) in [5, 5.41) is 0. The third-order valence-electron chi connectivity index (χ3n) is 9.91. The topological polar surface area (TPSA) is 78.9 Å². The molecule has 0 aromatic rings. The lowest BCUT2D eigenvalue weighted by atomic mass is 10.1. The highest BCUT2D eigenvalue weighted by atomic mass is 16.6. The minimum atomic E-state index is -0.798. The molecule has 0 aliphatic heterocycles. The Hall–Kier alpha value is -3.15. The van der Waals surface area contributed by atoms with Gasteiger partial charge in [0.15, 0.2) is 6.10 Å². The van der Waals surface area contributed by atoms with E-state index in [4.69, 9.17) is 14.2 Å². The zero-order valence-corrected chi connectivity index (χ0v) is 37.8. The molecule has 0 saturated carbocycles. The van der Waals surface area contributed by atoms with E-state index in [1.807, 2.05) is 0 Å². The Morgan fingerprint density at radius 1 is 0.362 bits per heavy atom. The van der Waals surface area contributed by atoms with Gasteiger partial charge in [0.05, 0.1) is 0 Å². The summed E-state index contributed by atoms with van der Waals surface area (Å²) in [5.41, 5.74) is 0. The summed E-state index contributed by atoms with van der Waals surface area (Å²) in [6.07, 6.45) is 57.4. The number of carbonyl (C=O) groups is 3. The highest BCUT2D eigenvalue weighted by molar-refractivity contribution is 5.71. The third kappa shape index (κ3) is 44.0. The van der Waals surface area contributed by atoms with Gasteiger partial charge in [-0.1, -0.05) is 164 Å². The number of esters is 3. The monoisotopic (exact) mass is 809 g/mol. The smallest absolute Gasteiger partial charge is 0.306 e. The van der Waals surface area contributed by atoms with Crippen LogP contribution in [0.15, 0.2) is 72.9 Å². The van der Waals surface area contributed by atoms with E-state index >= 15 is 0 Å². The number of ether oxygens (including phenoxy) is 3. The third-order valence-corrected chi connectivity index (χ3v) is 9.91. The lowest BCUT2D eigenvalue weighted by Crippen LogP contribution is -2.30. The van der Waals surface area contributed by atoms with E-state index in [0.717, 1.165) is 103 Å². The zero-order chi connectivity index (χ0) is 42.3. The number of hydrogen-bond acceptors (Lipinski definition) is 6. The average molecular weight is 809 g/mol. The number of rotatable bonds is 42. The summed E-state index contributed by atoms with van der Waals surface area (Å²) in [7, 11) is 0. The standard InChI is InChI=1S/C52H88O6/c1-4-7-10-13-16-19-22-25-26-28-30-33-36-39-42-45-51(54)57-48-49(47-56-50(53)44-41-38-35-32-29-24-21-18-15-12-9-6-3)58-52(55)46-43-40-37-34-31-27-23-20-17-14-11-8-5-2/h7,10,16,18-21,23,25-26,30,33,49H,4-6,8-9,11-15,17,22,24,27-29,31-32,34-48H2,1-3H3/b10-7-,19-16-,21-18-,23-20-,26-25-,33-30-/t49-/m1/s1. The van der Waals surface area contributed by atoms with Crippen molar-refractivity contribution in [3.63, 3.8) is 0 Å². The van der Waals surface area contributed by atoms with E-state index in [0.29, 0.717) is 19.3 Å². The molecule has 0 bridgehead atoms. The molecule has 0 spiro atoms. The maximum absolute atomic E-state index is 12.7. The molecule has 0 aromatic carbocycles. The van der Waals surface area contributed by atoms with Crippen molar-refractivity contribution in [1.29, 1.82) is 0 Å². The first kappa shape index (κ1) is 54.9. The first-order valence-corrected chi connectivity index (χ1v) is 23.9. The van der Waals surface area contributed by atoms with Crippen LogP contribution in [0, 0.1) is 0 Å². The molecule has 0 unspecified atom stereocenters. The van der Waals surface area contributed by atoms with Crippen LogP contribution in [0.2, 0.25) is 0 Å². The Balaban J connectivity index is 4.48. The molecule has 0 saturated heterocycles. The lowest BCUT2D eigenvalue weighted by Gasteiger charge is -2.18. The Morgan fingerprint density at radius 2 is 0.672 bits per heavy atom. The van der Waals surface area contributed by atoms with E-state index in [-0.39, 0.29) is 31.1 Å². The predicted octanol–water partition coefficient (Wildman–Crippen LogP) is 15.5. The maximum atomic E-state index is 12.7. The second-order valence-electron chi connectivity index (χ2n) is 15.6. The molecule has 0 heterocycles. The summed E-state index contributed by atoms with van der Waals surface area (Å²) in [6, 6.07) is 0. The molecule has 0 radical (unpaired) electrons. The molecule has 332 valence electrons. The van der Waals surface area contributed by atoms with Crippen molar-refractivity contribution in [1.82, 2.24) is 0 Å². The van der Waals surface area contributed by atoms with Gasteiger partial charge < -0.3 is 14.2 Å². The quantitative estimate of drug-likeness (QED) is 0.0264. The van der Waals surface area contributed by atoms with E-state index in [9.17, 15) is 14.4 Å². The Bertz CT molecular complexity index is 1110. The van der Waals surface area contributed by atoms with E-state index in [2.05, 4.69) is 93.7 Å². The van der Waals surface area contributed by atoms with Crippen LogP contribution < -0.4 is 0 Å². The lowest BCUT2D eigenvalue weighted by molar-refractivity contribution is -0.167. The Kier molecular flexibility index (Phi) is 44.0. The minimum absolute atomic E-state index is 0.0968. The van der Waals surface area contributed by atoms with Gasteiger partial charge in [0, 0.05) is 19.3 Å². The van der Waals surface area contributed by atoms with Crippen molar-refractivity contribution in [3.05, 3.63) is 72.9 Å². The Labute approximate surface area is 357 Å². The Morgan fingerprint density at radius 3 is 1.14 bits per heavy atom. The minimum Gasteiger partial charge on any atom is -0.462 e. The maximum Gasteiger partial charge on any atom is 0.306 e. The first-order chi connectivity index (χ1) is 28.5. The molecule has 1 atom stereocenters. The number of allylic oxidation sites excluding steroid dienone is 12. The zero-order valence-electron chi connectivity index (χ0n) is 37.8. The van der Waals surface area contributed by atoms with Gasteiger partial charge in [-0.05, 0) is 109 Å². The number of carbonyl (C=O) groups excluding carboxylic acids is 3. The van der Waals surface area contributed by atoms with Gasteiger partial charge in [-0.3, -0.25) is 14.4 Å². The highest BCUT2D eigenvalue weighted by Gasteiger charge is 2.19. The van der Waals surface area contributed by atoms with Crippen LogP contribution >= 0.6 is 0 Å². The van der Waals surface area contributed by atoms with Crippen molar-refractivity contribution in [2.45, 2.75) is 226 Å². The van der Waals surface area contributed by atoms with Gasteiger partial charge in [0.25, 0.3) is 0 Å². The van der Waals surface area contributed by atoms with Crippen LogP contribution in [0.5, 0.6) is 0 Å². The molecule has 0 aliphatic rings. The van der Waals surface area contributed by atoms with Crippen molar-refractivity contribution < 1.29 is 28.6 Å². The molecular weight excluding hydrogens is 721 g/mol. The molecule has 6 nitrogen and oxygen atoms in total. The molecule has 0 aliphatic carbocycles. The normalized spacial score (nSPS) is 12.7. The van der Waals surface area contributed by atoms with Crippen LogP contribution in [-0.4, -0.2) is 37.2 Å². The van der Waals surface area contributed by atoms with Crippen molar-refractivity contribution in [3.8, 4) is 0 Å². The van der Waals surface area contributed by atoms with E-state index in [1.165, 1.54) is 77.0 Å². The molecule has 0 aromatic heterocycles. The van der Waals surface area contributed by atoms with Crippen molar-refractivity contribution in [2.24, 2.45) is 0 Å². The molecule has 0 N–H and O–H groups in total. The summed E-state index contributed by atoms with van der Waals surface area (Å²) < 4.78 is 16.7. The van der Waals surface area contributed by atoms with Crippen LogP contribution in [0.4, 0.5) is 0 Å². The van der Waals surface area contributed by atoms with E-state index < -0.39 is 6.10 Å². The summed E-state index contributed by atoms with van der Waals surface area (Å²) in [4.78, 5) is 37.8. The van der Waals surface area contributed by atoms with Gasteiger partial charge in [-0.2, -0.15) is 0 Å². The van der Waals surface area contributed by atoms with Gasteiger partial charge in [0.1, 0.15) is 13.2 Å². The molecule has 0 fully saturated rings. The molecule has 0 rings (SSSR count). The fourth-order valence-electron chi connectivity index (χ4n) is 6.30. The van der Waals surface area contributed by atoms with Gasteiger partial charge >= 0.3 is 17.9 Å². The average Bonchev–Trinajstić information content (AvgIpc) is 3.22. The fourth-order valence-corrected chi connectivity index (χ4v) is 6.30. The predicted molar refractivity (Wildman–Crippen MR) is 247 cm³/mol.